The van der Waals surface area contributed by atoms with Gasteiger partial charge in [-0.25, -0.2) is 0 Å². The van der Waals surface area contributed by atoms with Crippen molar-refractivity contribution in [2.45, 2.75) is 24.7 Å². The van der Waals surface area contributed by atoms with Crippen molar-refractivity contribution in [3.8, 4) is 6.07 Å². The molecule has 0 fully saturated rings. The van der Waals surface area contributed by atoms with E-state index in [-0.39, 0.29) is 27.9 Å². The minimum Gasteiger partial charge on any atom is -0.397 e. The molecule has 3 rings (SSSR count). The van der Waals surface area contributed by atoms with E-state index in [4.69, 9.17) is 5.73 Å². The van der Waals surface area contributed by atoms with Crippen molar-refractivity contribution in [2.75, 3.05) is 17.6 Å². The molecule has 9 heteroatoms. The zero-order valence-electron chi connectivity index (χ0n) is 14.9. The fourth-order valence-corrected chi connectivity index (χ4v) is 4.08. The van der Waals surface area contributed by atoms with Crippen LogP contribution in [0.25, 0.3) is 0 Å². The summed E-state index contributed by atoms with van der Waals surface area (Å²) in [6.07, 6.45) is 1.47. The molecule has 0 radical (unpaired) electrons. The highest BCUT2D eigenvalue weighted by atomic mass is 32.2. The molecule has 0 bridgehead atoms. The van der Waals surface area contributed by atoms with Crippen LogP contribution in [0.15, 0.2) is 29.2 Å². The number of nitrogen functional groups attached to an aromatic ring is 1. The molecule has 0 atom stereocenters. The molecule has 0 aliphatic heterocycles. The van der Waals surface area contributed by atoms with Crippen molar-refractivity contribution in [3.05, 3.63) is 52.1 Å². The molecule has 2 aromatic carbocycles. The minimum absolute atomic E-state index is 0.0807. The Balaban J connectivity index is 2.44. The maximum Gasteiger partial charge on any atom is 0.298 e. The largest absolute Gasteiger partial charge is 0.397 e. The number of anilines is 2. The van der Waals surface area contributed by atoms with Gasteiger partial charge in [0.2, 0.25) is 0 Å². The van der Waals surface area contributed by atoms with Gasteiger partial charge in [0.1, 0.15) is 11.0 Å². The lowest BCUT2D eigenvalue weighted by molar-refractivity contribution is 0.0980. The Labute approximate surface area is 161 Å². The molecule has 2 aromatic rings. The van der Waals surface area contributed by atoms with Crippen molar-refractivity contribution < 1.29 is 22.6 Å². The van der Waals surface area contributed by atoms with E-state index in [0.29, 0.717) is 13.0 Å². The molecule has 8 nitrogen and oxygen atoms in total. The predicted molar refractivity (Wildman–Crippen MR) is 102 cm³/mol. The number of hydrogen-bond donors (Lipinski definition) is 3. The summed E-state index contributed by atoms with van der Waals surface area (Å²) in [7, 11) is -4.93. The Bertz CT molecular complexity index is 1160. The Morgan fingerprint density at radius 1 is 1.14 bits per heavy atom. The van der Waals surface area contributed by atoms with Crippen molar-refractivity contribution in [1.82, 2.24) is 0 Å². The molecule has 28 heavy (non-hydrogen) atoms. The number of nitriles is 1. The summed E-state index contributed by atoms with van der Waals surface area (Å²) in [4.78, 5) is 25.3. The lowest BCUT2D eigenvalue weighted by Crippen LogP contribution is -2.26. The van der Waals surface area contributed by atoms with Crippen LogP contribution in [-0.2, 0) is 10.1 Å². The number of ketones is 2. The summed E-state index contributed by atoms with van der Waals surface area (Å²) in [5.74, 6) is -1.19. The summed E-state index contributed by atoms with van der Waals surface area (Å²) in [6, 6.07) is 7.79. The normalized spacial score (nSPS) is 12.9. The molecule has 0 unspecified atom stereocenters. The van der Waals surface area contributed by atoms with E-state index in [1.54, 1.807) is 18.2 Å². The first-order valence-electron chi connectivity index (χ1n) is 8.53. The second-order valence-electron chi connectivity index (χ2n) is 6.31. The number of carbonyl (C=O) groups is 2. The molecule has 0 spiro atoms. The SMILES string of the molecule is CCCCNc1c(C#N)c(S(=O)(=O)O)c(N)c2c1C(=O)c1ccccc1C2=O. The van der Waals surface area contributed by atoms with Gasteiger partial charge in [-0.05, 0) is 6.42 Å². The third-order valence-electron chi connectivity index (χ3n) is 4.56. The summed E-state index contributed by atoms with van der Waals surface area (Å²) in [5.41, 5.74) is 4.44. The summed E-state index contributed by atoms with van der Waals surface area (Å²) < 4.78 is 33.5. The van der Waals surface area contributed by atoms with Gasteiger partial charge in [0.15, 0.2) is 11.6 Å². The monoisotopic (exact) mass is 399 g/mol. The van der Waals surface area contributed by atoms with Crippen LogP contribution in [-0.4, -0.2) is 31.1 Å². The van der Waals surface area contributed by atoms with Crippen molar-refractivity contribution >= 4 is 33.1 Å². The van der Waals surface area contributed by atoms with Gasteiger partial charge < -0.3 is 11.1 Å². The first-order chi connectivity index (χ1) is 13.2. The number of nitrogens with one attached hydrogen (secondary N) is 1. The highest BCUT2D eigenvalue weighted by molar-refractivity contribution is 7.86. The summed E-state index contributed by atoms with van der Waals surface area (Å²) in [6.45, 7) is 2.26. The quantitative estimate of drug-likeness (QED) is 0.336. The van der Waals surface area contributed by atoms with Crippen LogP contribution in [0.4, 0.5) is 11.4 Å². The highest BCUT2D eigenvalue weighted by Gasteiger charge is 2.39. The molecule has 4 N–H and O–H groups in total. The summed E-state index contributed by atoms with van der Waals surface area (Å²) >= 11 is 0. The van der Waals surface area contributed by atoms with Crippen LogP contribution in [0, 0.1) is 11.3 Å². The maximum absolute atomic E-state index is 13.1. The minimum atomic E-state index is -4.93. The molecule has 0 saturated carbocycles. The Morgan fingerprint density at radius 3 is 2.21 bits per heavy atom. The Kier molecular flexibility index (Phi) is 4.93. The molecule has 0 amide bonds. The number of nitrogens with two attached hydrogens (primary N) is 1. The van der Waals surface area contributed by atoms with Gasteiger partial charge in [-0.3, -0.25) is 14.1 Å². The van der Waals surface area contributed by atoms with Crippen LogP contribution >= 0.6 is 0 Å². The first kappa shape index (κ1) is 19.5. The Hall–Kier alpha value is -3.22. The van der Waals surface area contributed by atoms with Crippen molar-refractivity contribution in [2.24, 2.45) is 0 Å². The van der Waals surface area contributed by atoms with E-state index in [1.165, 1.54) is 12.1 Å². The predicted octanol–water partition coefficient (Wildman–Crippen LogP) is 2.37. The van der Waals surface area contributed by atoms with E-state index in [2.05, 4.69) is 5.32 Å². The van der Waals surface area contributed by atoms with Gasteiger partial charge in [-0.1, -0.05) is 37.6 Å². The molecule has 0 heterocycles. The lowest BCUT2D eigenvalue weighted by atomic mass is 9.81. The van der Waals surface area contributed by atoms with Crippen LogP contribution < -0.4 is 11.1 Å². The highest BCUT2D eigenvalue weighted by Crippen LogP contribution is 2.41. The van der Waals surface area contributed by atoms with Gasteiger partial charge in [0, 0.05) is 17.7 Å². The average Bonchev–Trinajstić information content (AvgIpc) is 2.65. The third kappa shape index (κ3) is 2.93. The van der Waals surface area contributed by atoms with Crippen LogP contribution in [0.5, 0.6) is 0 Å². The standard InChI is InChI=1S/C19H17N3O5S/c1-2-3-8-22-16-12(9-20)19(28(25,26)27)15(21)13-14(16)18(24)11-7-5-4-6-10(11)17(13)23/h4-7,22H,2-3,8,21H2,1H3,(H,25,26,27). The number of carbonyl (C=O) groups excluding carboxylic acids is 2. The molecule has 1 aliphatic rings. The van der Waals surface area contributed by atoms with Gasteiger partial charge in [0.05, 0.1) is 28.1 Å². The fraction of sp³-hybridized carbons (Fsp3) is 0.211. The molecule has 0 saturated heterocycles. The number of fused-ring (bicyclic) bond motifs is 2. The van der Waals surface area contributed by atoms with E-state index in [1.807, 2.05) is 6.92 Å². The van der Waals surface area contributed by atoms with Crippen LogP contribution in [0.2, 0.25) is 0 Å². The number of unbranched alkanes of at least 4 members (excludes halogenated alkanes) is 1. The number of hydrogen-bond acceptors (Lipinski definition) is 7. The topological polar surface area (TPSA) is 150 Å². The average molecular weight is 399 g/mol. The smallest absolute Gasteiger partial charge is 0.298 e. The first-order valence-corrected chi connectivity index (χ1v) is 9.97. The maximum atomic E-state index is 13.1. The van der Waals surface area contributed by atoms with Crippen LogP contribution in [0.1, 0.15) is 57.2 Å². The van der Waals surface area contributed by atoms with E-state index in [9.17, 15) is 27.8 Å². The second-order valence-corrected chi connectivity index (χ2v) is 7.67. The lowest BCUT2D eigenvalue weighted by Gasteiger charge is -2.24. The van der Waals surface area contributed by atoms with Crippen LogP contribution in [0.3, 0.4) is 0 Å². The molecule has 1 aliphatic carbocycles. The molecule has 144 valence electrons. The number of rotatable bonds is 5. The van der Waals surface area contributed by atoms with Gasteiger partial charge in [-0.15, -0.1) is 0 Å². The molecule has 0 aromatic heterocycles. The van der Waals surface area contributed by atoms with E-state index in [0.717, 1.165) is 6.42 Å². The third-order valence-corrected chi connectivity index (χ3v) is 5.50. The van der Waals surface area contributed by atoms with Gasteiger partial charge in [-0.2, -0.15) is 13.7 Å². The zero-order chi connectivity index (χ0) is 20.6. The van der Waals surface area contributed by atoms with Crippen molar-refractivity contribution in [3.63, 3.8) is 0 Å². The Morgan fingerprint density at radius 2 is 1.71 bits per heavy atom. The summed E-state index contributed by atoms with van der Waals surface area (Å²) in [5, 5.41) is 12.5. The zero-order valence-corrected chi connectivity index (χ0v) is 15.8. The van der Waals surface area contributed by atoms with E-state index >= 15 is 0 Å². The molecular weight excluding hydrogens is 382 g/mol. The number of benzene rings is 2. The van der Waals surface area contributed by atoms with Gasteiger partial charge >= 0.3 is 0 Å². The van der Waals surface area contributed by atoms with E-state index < -0.39 is 37.8 Å². The van der Waals surface area contributed by atoms with Gasteiger partial charge in [0.25, 0.3) is 10.1 Å². The number of nitrogens with zero attached hydrogens (tertiary/aromatic N) is 1. The second kappa shape index (κ2) is 7.07. The molecular formula is C19H17N3O5S. The fourth-order valence-electron chi connectivity index (χ4n) is 3.30. The van der Waals surface area contributed by atoms with Crippen molar-refractivity contribution in [1.29, 1.82) is 5.26 Å².